The van der Waals surface area contributed by atoms with E-state index in [9.17, 15) is 5.11 Å². The molecule has 1 fully saturated rings. The van der Waals surface area contributed by atoms with E-state index in [1.165, 1.54) is 11.1 Å². The van der Waals surface area contributed by atoms with Crippen molar-refractivity contribution in [2.75, 3.05) is 6.61 Å². The third kappa shape index (κ3) is 2.19. The molecule has 1 heterocycles. The van der Waals surface area contributed by atoms with Gasteiger partial charge in [-0.3, -0.25) is 0 Å². The number of hydrogen-bond donors (Lipinski definition) is 1. The van der Waals surface area contributed by atoms with Crippen molar-refractivity contribution in [3.8, 4) is 5.75 Å². The molecule has 0 bridgehead atoms. The number of aliphatic hydroxyl groups is 1. The van der Waals surface area contributed by atoms with Crippen LogP contribution in [-0.2, 0) is 12.8 Å². The van der Waals surface area contributed by atoms with Crippen molar-refractivity contribution in [3.63, 3.8) is 0 Å². The summed E-state index contributed by atoms with van der Waals surface area (Å²) < 4.78 is 5.50. The second-order valence-corrected chi connectivity index (χ2v) is 5.78. The molecule has 2 heteroatoms. The third-order valence-electron chi connectivity index (χ3n) is 4.09. The monoisotopic (exact) mass is 232 g/mol. The number of ether oxygens (including phenoxy) is 1. The summed E-state index contributed by atoms with van der Waals surface area (Å²) in [7, 11) is 0. The first-order valence-corrected chi connectivity index (χ1v) is 6.62. The molecule has 92 valence electrons. The highest BCUT2D eigenvalue weighted by Crippen LogP contribution is 2.40. The normalized spacial score (nSPS) is 30.6. The maximum atomic E-state index is 10.2. The molecule has 1 aromatic rings. The van der Waals surface area contributed by atoms with Crippen molar-refractivity contribution in [1.82, 2.24) is 0 Å². The van der Waals surface area contributed by atoms with Crippen LogP contribution in [0.3, 0.4) is 0 Å². The van der Waals surface area contributed by atoms with Gasteiger partial charge in [0.1, 0.15) is 5.75 Å². The third-order valence-corrected chi connectivity index (χ3v) is 4.09. The van der Waals surface area contributed by atoms with Gasteiger partial charge in [0.05, 0.1) is 12.2 Å². The number of fused-ring (bicyclic) bond motifs is 1. The van der Waals surface area contributed by atoms with Gasteiger partial charge >= 0.3 is 0 Å². The molecule has 0 aromatic heterocycles. The fourth-order valence-corrected chi connectivity index (χ4v) is 3.21. The Morgan fingerprint density at radius 1 is 1.41 bits per heavy atom. The second kappa shape index (κ2) is 4.02. The fraction of sp³-hybridized carbons (Fsp3) is 0.600. The van der Waals surface area contributed by atoms with Crippen molar-refractivity contribution in [1.29, 1.82) is 0 Å². The molecule has 0 unspecified atom stereocenters. The number of aryl methyl sites for hydroxylation is 1. The Morgan fingerprint density at radius 2 is 2.24 bits per heavy atom. The van der Waals surface area contributed by atoms with Crippen LogP contribution in [0.15, 0.2) is 18.2 Å². The zero-order valence-electron chi connectivity index (χ0n) is 10.4. The van der Waals surface area contributed by atoms with E-state index >= 15 is 0 Å². The largest absolute Gasteiger partial charge is 0.493 e. The smallest absolute Gasteiger partial charge is 0.122 e. The molecule has 1 N–H and O–H groups in total. The van der Waals surface area contributed by atoms with Crippen LogP contribution in [0.5, 0.6) is 5.75 Å². The van der Waals surface area contributed by atoms with E-state index in [1.54, 1.807) is 0 Å². The Hall–Kier alpha value is -1.02. The van der Waals surface area contributed by atoms with Crippen LogP contribution in [0.2, 0.25) is 0 Å². The Bertz CT molecular complexity index is 419. The molecule has 1 aromatic carbocycles. The minimum absolute atomic E-state index is 0.380. The van der Waals surface area contributed by atoms with E-state index in [1.807, 2.05) is 0 Å². The quantitative estimate of drug-likeness (QED) is 0.868. The van der Waals surface area contributed by atoms with E-state index in [0.29, 0.717) is 5.92 Å². The lowest BCUT2D eigenvalue weighted by atomic mass is 9.69. The Kier molecular flexibility index (Phi) is 2.62. The van der Waals surface area contributed by atoms with E-state index in [0.717, 1.165) is 44.5 Å². The number of hydrogen-bond acceptors (Lipinski definition) is 2. The standard InChI is InChI=1S/C15H20O2/c1-11-9-15(16,10-11)6-4-12-2-3-14-13(8-12)5-7-17-14/h2-3,8,11,16H,4-7,9-10H2,1H3. The molecular formula is C15H20O2. The highest BCUT2D eigenvalue weighted by atomic mass is 16.5. The van der Waals surface area contributed by atoms with Crippen molar-refractivity contribution in [2.45, 2.75) is 44.6 Å². The first kappa shape index (κ1) is 11.1. The molecule has 0 spiro atoms. The SMILES string of the molecule is CC1CC(O)(CCc2ccc3c(c2)CCO3)C1. The average Bonchev–Trinajstić information content (AvgIpc) is 2.71. The van der Waals surface area contributed by atoms with Crippen LogP contribution in [0, 0.1) is 5.92 Å². The Balaban J connectivity index is 1.62. The van der Waals surface area contributed by atoms with Crippen molar-refractivity contribution < 1.29 is 9.84 Å². The molecule has 1 aliphatic carbocycles. The molecule has 0 radical (unpaired) electrons. The maximum Gasteiger partial charge on any atom is 0.122 e. The van der Waals surface area contributed by atoms with Gasteiger partial charge in [-0.25, -0.2) is 0 Å². The lowest BCUT2D eigenvalue weighted by Crippen LogP contribution is -2.42. The van der Waals surface area contributed by atoms with Crippen LogP contribution < -0.4 is 4.74 Å². The van der Waals surface area contributed by atoms with Crippen molar-refractivity contribution in [3.05, 3.63) is 29.3 Å². The summed E-state index contributed by atoms with van der Waals surface area (Å²) in [6.07, 6.45) is 4.86. The maximum absolute atomic E-state index is 10.2. The van der Waals surface area contributed by atoms with Crippen molar-refractivity contribution in [2.24, 2.45) is 5.92 Å². The van der Waals surface area contributed by atoms with Crippen LogP contribution in [0.4, 0.5) is 0 Å². The van der Waals surface area contributed by atoms with Crippen LogP contribution in [-0.4, -0.2) is 17.3 Å². The van der Waals surface area contributed by atoms with Gasteiger partial charge in [0.25, 0.3) is 0 Å². The summed E-state index contributed by atoms with van der Waals surface area (Å²) in [5.41, 5.74) is 2.29. The van der Waals surface area contributed by atoms with E-state index in [-0.39, 0.29) is 5.60 Å². The van der Waals surface area contributed by atoms with E-state index in [2.05, 4.69) is 25.1 Å². The average molecular weight is 232 g/mol. The lowest BCUT2D eigenvalue weighted by Gasteiger charge is -2.42. The predicted molar refractivity (Wildman–Crippen MR) is 67.3 cm³/mol. The van der Waals surface area contributed by atoms with Gasteiger partial charge in [0.2, 0.25) is 0 Å². The molecule has 2 aliphatic rings. The summed E-state index contributed by atoms with van der Waals surface area (Å²) in [4.78, 5) is 0. The molecular weight excluding hydrogens is 212 g/mol. The molecule has 2 nitrogen and oxygen atoms in total. The summed E-state index contributed by atoms with van der Waals surface area (Å²) in [6.45, 7) is 3.03. The summed E-state index contributed by atoms with van der Waals surface area (Å²) in [6, 6.07) is 6.45. The van der Waals surface area contributed by atoms with Gasteiger partial charge in [0, 0.05) is 6.42 Å². The van der Waals surface area contributed by atoms with Gasteiger partial charge in [-0.1, -0.05) is 19.1 Å². The van der Waals surface area contributed by atoms with Crippen molar-refractivity contribution >= 4 is 0 Å². The first-order valence-electron chi connectivity index (χ1n) is 6.62. The van der Waals surface area contributed by atoms with Gasteiger partial charge in [0.15, 0.2) is 0 Å². The predicted octanol–water partition coefficient (Wildman–Crippen LogP) is 2.72. The molecule has 17 heavy (non-hydrogen) atoms. The van der Waals surface area contributed by atoms with E-state index in [4.69, 9.17) is 4.74 Å². The molecule has 3 rings (SSSR count). The summed E-state index contributed by atoms with van der Waals surface area (Å²) in [5.74, 6) is 1.75. The van der Waals surface area contributed by atoms with Gasteiger partial charge in [-0.2, -0.15) is 0 Å². The highest BCUT2D eigenvalue weighted by Gasteiger charge is 2.39. The first-order chi connectivity index (χ1) is 8.15. The Morgan fingerprint density at radius 3 is 3.00 bits per heavy atom. The Labute approximate surface area is 103 Å². The zero-order valence-corrected chi connectivity index (χ0v) is 10.4. The minimum Gasteiger partial charge on any atom is -0.493 e. The van der Waals surface area contributed by atoms with Gasteiger partial charge in [-0.15, -0.1) is 0 Å². The highest BCUT2D eigenvalue weighted by molar-refractivity contribution is 5.39. The second-order valence-electron chi connectivity index (χ2n) is 5.78. The fourth-order valence-electron chi connectivity index (χ4n) is 3.21. The summed E-state index contributed by atoms with van der Waals surface area (Å²) >= 11 is 0. The van der Waals surface area contributed by atoms with Gasteiger partial charge in [-0.05, 0) is 48.8 Å². The molecule has 1 saturated carbocycles. The molecule has 0 atom stereocenters. The van der Waals surface area contributed by atoms with Gasteiger partial charge < -0.3 is 9.84 Å². The van der Waals surface area contributed by atoms with Crippen LogP contribution >= 0.6 is 0 Å². The molecule has 0 amide bonds. The topological polar surface area (TPSA) is 29.5 Å². The van der Waals surface area contributed by atoms with Crippen LogP contribution in [0.1, 0.15) is 37.3 Å². The van der Waals surface area contributed by atoms with E-state index < -0.39 is 0 Å². The summed E-state index contributed by atoms with van der Waals surface area (Å²) in [5, 5.41) is 10.2. The zero-order chi connectivity index (χ0) is 11.9. The number of benzene rings is 1. The molecule has 1 aliphatic heterocycles. The minimum atomic E-state index is -0.380. The number of rotatable bonds is 3. The molecule has 0 saturated heterocycles. The lowest BCUT2D eigenvalue weighted by molar-refractivity contribution is -0.0732. The van der Waals surface area contributed by atoms with Crippen LogP contribution in [0.25, 0.3) is 0 Å².